The topological polar surface area (TPSA) is 42.1 Å². The molecule has 0 fully saturated rings. The van der Waals surface area contributed by atoms with Crippen LogP contribution in [0.3, 0.4) is 0 Å². The molecule has 0 spiro atoms. The average Bonchev–Trinajstić information content (AvgIpc) is 2.53. The van der Waals surface area contributed by atoms with Crippen LogP contribution in [-0.4, -0.2) is 11.5 Å². The number of para-hydroxylation sites is 1. The first-order valence-corrected chi connectivity index (χ1v) is 7.79. The molecule has 0 amide bonds. The predicted octanol–water partition coefficient (Wildman–Crippen LogP) is 3.88. The number of pyridine rings is 1. The molecule has 1 unspecified atom stereocenters. The number of hydrogen-bond acceptors (Lipinski definition) is 3. The number of aryl methyl sites for hydroxylation is 2. The van der Waals surface area contributed by atoms with Gasteiger partial charge in [-0.2, -0.15) is 0 Å². The molecule has 1 aliphatic rings. The second-order valence-corrected chi connectivity index (χ2v) is 5.74. The molecule has 0 saturated heterocycles. The lowest BCUT2D eigenvalue weighted by molar-refractivity contribution is 0.687. The van der Waals surface area contributed by atoms with Crippen molar-refractivity contribution in [1.82, 2.24) is 4.98 Å². The molecule has 1 aromatic carbocycles. The molecule has 3 rings (SSSR count). The number of benzene rings is 1. The lowest BCUT2D eigenvalue weighted by Gasteiger charge is -2.31. The Bertz CT molecular complexity index is 636. The van der Waals surface area contributed by atoms with Crippen LogP contribution in [0.1, 0.15) is 42.6 Å². The number of hydrogen-bond donors (Lipinski definition) is 1. The summed E-state index contributed by atoms with van der Waals surface area (Å²) in [7, 11) is 0. The summed E-state index contributed by atoms with van der Waals surface area (Å²) in [5.74, 6) is 1.03. The Labute approximate surface area is 126 Å². The molecule has 3 heteroatoms. The summed E-state index contributed by atoms with van der Waals surface area (Å²) < 4.78 is 0. The predicted molar refractivity (Wildman–Crippen MR) is 88.0 cm³/mol. The van der Waals surface area contributed by atoms with Crippen molar-refractivity contribution >= 4 is 11.5 Å². The Kier molecular flexibility index (Phi) is 3.93. The highest BCUT2D eigenvalue weighted by Gasteiger charge is 2.19. The van der Waals surface area contributed by atoms with E-state index in [0.29, 0.717) is 0 Å². The van der Waals surface area contributed by atoms with E-state index >= 15 is 0 Å². The third kappa shape index (κ3) is 2.66. The molecule has 2 heterocycles. The molecular formula is C18H23N3. The summed E-state index contributed by atoms with van der Waals surface area (Å²) in [5, 5.41) is 0. The monoisotopic (exact) mass is 281 g/mol. The number of rotatable bonds is 3. The summed E-state index contributed by atoms with van der Waals surface area (Å²) in [5.41, 5.74) is 11.1. The first kappa shape index (κ1) is 14.1. The van der Waals surface area contributed by atoms with E-state index in [2.05, 4.69) is 55.1 Å². The molecule has 110 valence electrons. The van der Waals surface area contributed by atoms with Gasteiger partial charge in [-0.15, -0.1) is 0 Å². The van der Waals surface area contributed by atoms with E-state index in [1.54, 1.807) is 0 Å². The van der Waals surface area contributed by atoms with Crippen LogP contribution in [0.2, 0.25) is 0 Å². The smallest absolute Gasteiger partial charge is 0.133 e. The Morgan fingerprint density at radius 1 is 1.24 bits per heavy atom. The highest BCUT2D eigenvalue weighted by atomic mass is 15.2. The van der Waals surface area contributed by atoms with E-state index in [-0.39, 0.29) is 6.04 Å². The zero-order valence-electron chi connectivity index (χ0n) is 12.8. The maximum atomic E-state index is 6.15. The molecule has 21 heavy (non-hydrogen) atoms. The first-order chi connectivity index (χ1) is 10.2. The summed E-state index contributed by atoms with van der Waals surface area (Å²) >= 11 is 0. The molecular weight excluding hydrogens is 258 g/mol. The lowest BCUT2D eigenvalue weighted by atomic mass is 10.0. The van der Waals surface area contributed by atoms with Gasteiger partial charge in [0.1, 0.15) is 5.82 Å². The quantitative estimate of drug-likeness (QED) is 0.928. The molecule has 1 aromatic heterocycles. The van der Waals surface area contributed by atoms with Crippen LogP contribution in [-0.2, 0) is 6.42 Å². The minimum Gasteiger partial charge on any atom is -0.326 e. The van der Waals surface area contributed by atoms with Crippen LogP contribution < -0.4 is 10.6 Å². The van der Waals surface area contributed by atoms with Gasteiger partial charge in [0.25, 0.3) is 0 Å². The Morgan fingerprint density at radius 2 is 2.05 bits per heavy atom. The molecule has 3 nitrogen and oxygen atoms in total. The molecule has 2 aromatic rings. The van der Waals surface area contributed by atoms with Gasteiger partial charge in [-0.25, -0.2) is 4.98 Å². The Morgan fingerprint density at radius 3 is 2.81 bits per heavy atom. The number of nitrogens with two attached hydrogens (primary N) is 1. The Balaban J connectivity index is 1.97. The van der Waals surface area contributed by atoms with Crippen LogP contribution in [0, 0.1) is 6.92 Å². The molecule has 1 atom stereocenters. The summed E-state index contributed by atoms with van der Waals surface area (Å²) in [6, 6.07) is 13.0. The molecule has 0 radical (unpaired) electrons. The minimum absolute atomic E-state index is 0.0835. The number of anilines is 2. The van der Waals surface area contributed by atoms with Crippen molar-refractivity contribution in [3.8, 4) is 0 Å². The van der Waals surface area contributed by atoms with Crippen LogP contribution in [0.25, 0.3) is 0 Å². The molecule has 2 N–H and O–H groups in total. The fourth-order valence-electron chi connectivity index (χ4n) is 3.09. The zero-order valence-corrected chi connectivity index (χ0v) is 12.8. The highest BCUT2D eigenvalue weighted by Crippen LogP contribution is 2.33. The second-order valence-electron chi connectivity index (χ2n) is 5.74. The van der Waals surface area contributed by atoms with Gasteiger partial charge in [-0.3, -0.25) is 0 Å². The van der Waals surface area contributed by atoms with E-state index < -0.39 is 0 Å². The van der Waals surface area contributed by atoms with Gasteiger partial charge in [0.05, 0.1) is 0 Å². The van der Waals surface area contributed by atoms with Gasteiger partial charge < -0.3 is 10.6 Å². The lowest BCUT2D eigenvalue weighted by Crippen LogP contribution is -2.25. The second kappa shape index (κ2) is 5.86. The number of aromatic nitrogens is 1. The van der Waals surface area contributed by atoms with Crippen LogP contribution in [0.4, 0.5) is 11.5 Å². The number of nitrogens with zero attached hydrogens (tertiary/aromatic N) is 2. The normalized spacial score (nSPS) is 15.7. The van der Waals surface area contributed by atoms with Crippen molar-refractivity contribution in [1.29, 1.82) is 0 Å². The van der Waals surface area contributed by atoms with Gasteiger partial charge in [0.15, 0.2) is 0 Å². The van der Waals surface area contributed by atoms with Crippen molar-refractivity contribution in [2.45, 2.75) is 39.2 Å². The molecule has 0 bridgehead atoms. The molecule has 0 saturated carbocycles. The van der Waals surface area contributed by atoms with Gasteiger partial charge in [0.2, 0.25) is 0 Å². The largest absolute Gasteiger partial charge is 0.326 e. The number of fused-ring (bicyclic) bond motifs is 1. The Hall–Kier alpha value is -1.87. The van der Waals surface area contributed by atoms with E-state index in [0.717, 1.165) is 36.5 Å². The highest BCUT2D eigenvalue weighted by molar-refractivity contribution is 5.65. The molecule has 0 aliphatic carbocycles. The summed E-state index contributed by atoms with van der Waals surface area (Å²) in [6.45, 7) is 5.20. The third-order valence-corrected chi connectivity index (χ3v) is 4.34. The summed E-state index contributed by atoms with van der Waals surface area (Å²) in [6.07, 6.45) is 3.27. The SMILES string of the molecule is CCC(N)c1ccc(N2CCCc3ccccc32)nc1C. The van der Waals surface area contributed by atoms with Gasteiger partial charge >= 0.3 is 0 Å². The van der Waals surface area contributed by atoms with Crippen molar-refractivity contribution in [2.24, 2.45) is 5.73 Å². The van der Waals surface area contributed by atoms with Crippen LogP contribution >= 0.6 is 0 Å². The minimum atomic E-state index is 0.0835. The van der Waals surface area contributed by atoms with E-state index in [9.17, 15) is 0 Å². The van der Waals surface area contributed by atoms with Crippen molar-refractivity contribution in [3.05, 3.63) is 53.2 Å². The molecule has 1 aliphatic heterocycles. The zero-order chi connectivity index (χ0) is 14.8. The fraction of sp³-hybridized carbons (Fsp3) is 0.389. The van der Waals surface area contributed by atoms with E-state index in [1.165, 1.54) is 17.7 Å². The van der Waals surface area contributed by atoms with Gasteiger partial charge in [-0.1, -0.05) is 31.2 Å². The van der Waals surface area contributed by atoms with Gasteiger partial charge in [-0.05, 0) is 49.4 Å². The maximum absolute atomic E-state index is 6.15. The maximum Gasteiger partial charge on any atom is 0.133 e. The van der Waals surface area contributed by atoms with Crippen molar-refractivity contribution < 1.29 is 0 Å². The third-order valence-electron chi connectivity index (χ3n) is 4.34. The van der Waals surface area contributed by atoms with Crippen LogP contribution in [0.5, 0.6) is 0 Å². The van der Waals surface area contributed by atoms with Crippen molar-refractivity contribution in [3.63, 3.8) is 0 Å². The van der Waals surface area contributed by atoms with Gasteiger partial charge in [0, 0.05) is 24.0 Å². The van der Waals surface area contributed by atoms with E-state index in [1.807, 2.05) is 0 Å². The fourth-order valence-corrected chi connectivity index (χ4v) is 3.09. The standard InChI is InChI=1S/C18H23N3/c1-3-16(19)15-10-11-18(20-13(15)2)21-12-6-8-14-7-4-5-9-17(14)21/h4-5,7,9-11,16H,3,6,8,12,19H2,1-2H3. The van der Waals surface area contributed by atoms with E-state index in [4.69, 9.17) is 10.7 Å². The van der Waals surface area contributed by atoms with Crippen molar-refractivity contribution in [2.75, 3.05) is 11.4 Å². The first-order valence-electron chi connectivity index (χ1n) is 7.79. The average molecular weight is 281 g/mol. The summed E-state index contributed by atoms with van der Waals surface area (Å²) in [4.78, 5) is 7.14. The van der Waals surface area contributed by atoms with Crippen LogP contribution in [0.15, 0.2) is 36.4 Å².